The van der Waals surface area contributed by atoms with Crippen LogP contribution in [-0.2, 0) is 14.4 Å². The van der Waals surface area contributed by atoms with E-state index in [0.717, 1.165) is 4.90 Å². The average Bonchev–Trinajstić information content (AvgIpc) is 3.31. The summed E-state index contributed by atoms with van der Waals surface area (Å²) in [5, 5.41) is 4.82. The Morgan fingerprint density at radius 1 is 0.932 bits per heavy atom. The Labute approximate surface area is 257 Å². The molecule has 8 nitrogen and oxygen atoms in total. The highest BCUT2D eigenvalue weighted by atomic mass is 32.2. The summed E-state index contributed by atoms with van der Waals surface area (Å²) < 4.78 is 18.9. The topological polar surface area (TPSA) is 105 Å². The molecule has 5 rings (SSSR count). The maximum Gasteiger partial charge on any atom is 0.272 e. The van der Waals surface area contributed by atoms with E-state index >= 15 is 0 Å². The molecular formula is C34H28FN3O5S. The maximum absolute atomic E-state index is 13.4. The van der Waals surface area contributed by atoms with E-state index in [9.17, 15) is 23.6 Å². The number of imide groups is 1. The molecule has 0 saturated carbocycles. The third-order valence-electron chi connectivity index (χ3n) is 6.61. The van der Waals surface area contributed by atoms with Crippen LogP contribution in [0, 0.1) is 5.82 Å². The van der Waals surface area contributed by atoms with Crippen LogP contribution in [0.3, 0.4) is 0 Å². The van der Waals surface area contributed by atoms with Crippen molar-refractivity contribution in [1.29, 1.82) is 0 Å². The van der Waals surface area contributed by atoms with Crippen LogP contribution in [0.4, 0.5) is 15.8 Å². The lowest BCUT2D eigenvalue weighted by atomic mass is 10.1. The van der Waals surface area contributed by atoms with Gasteiger partial charge in [0.2, 0.25) is 11.8 Å². The minimum atomic E-state index is -0.590. The molecule has 1 atom stereocenters. The largest absolute Gasteiger partial charge is 0.494 e. The van der Waals surface area contributed by atoms with Crippen molar-refractivity contribution in [2.45, 2.75) is 23.5 Å². The molecule has 10 heteroatoms. The molecule has 1 saturated heterocycles. The Hall–Kier alpha value is -5.22. The number of carbonyl (C=O) groups is 4. The SMILES string of the molecule is CCOc1ccc(N2C(=O)CC(Sc3ccc(NC(=O)/C(=C/c4ccc(F)cc4)NC(=O)c4ccccc4)cc3)C2=O)cc1. The van der Waals surface area contributed by atoms with Gasteiger partial charge < -0.3 is 15.4 Å². The first-order valence-corrected chi connectivity index (χ1v) is 14.7. The zero-order valence-corrected chi connectivity index (χ0v) is 24.5. The van der Waals surface area contributed by atoms with Gasteiger partial charge in [0.15, 0.2) is 0 Å². The number of hydrogen-bond donors (Lipinski definition) is 2. The number of rotatable bonds is 10. The summed E-state index contributed by atoms with van der Waals surface area (Å²) in [5.41, 5.74) is 1.80. The van der Waals surface area contributed by atoms with Gasteiger partial charge in [0.25, 0.3) is 11.8 Å². The molecule has 4 aromatic rings. The molecule has 1 heterocycles. The lowest BCUT2D eigenvalue weighted by Gasteiger charge is -2.15. The molecule has 1 unspecified atom stereocenters. The second-order valence-corrected chi connectivity index (χ2v) is 11.0. The van der Waals surface area contributed by atoms with E-state index in [2.05, 4.69) is 10.6 Å². The van der Waals surface area contributed by atoms with Crippen molar-refractivity contribution in [3.05, 3.63) is 126 Å². The molecule has 1 aliphatic heterocycles. The normalized spacial score (nSPS) is 14.8. The van der Waals surface area contributed by atoms with Crippen LogP contribution in [0.5, 0.6) is 5.75 Å². The van der Waals surface area contributed by atoms with Gasteiger partial charge in [-0.25, -0.2) is 9.29 Å². The van der Waals surface area contributed by atoms with Crippen molar-refractivity contribution >= 4 is 52.8 Å². The van der Waals surface area contributed by atoms with Crippen LogP contribution in [-0.4, -0.2) is 35.5 Å². The van der Waals surface area contributed by atoms with Crippen LogP contribution < -0.4 is 20.3 Å². The van der Waals surface area contributed by atoms with Crippen LogP contribution in [0.2, 0.25) is 0 Å². The summed E-state index contributed by atoms with van der Waals surface area (Å²) in [4.78, 5) is 53.8. The zero-order chi connectivity index (χ0) is 31.1. The van der Waals surface area contributed by atoms with Crippen molar-refractivity contribution in [2.75, 3.05) is 16.8 Å². The summed E-state index contributed by atoms with van der Waals surface area (Å²) in [5.74, 6) is -1.40. The molecule has 0 aliphatic carbocycles. The van der Waals surface area contributed by atoms with Gasteiger partial charge in [0.05, 0.1) is 17.5 Å². The quantitative estimate of drug-likeness (QED) is 0.167. The van der Waals surface area contributed by atoms with E-state index < -0.39 is 22.9 Å². The van der Waals surface area contributed by atoms with Crippen molar-refractivity contribution in [3.8, 4) is 5.75 Å². The molecule has 1 aliphatic rings. The van der Waals surface area contributed by atoms with E-state index in [1.165, 1.54) is 47.0 Å². The molecular weight excluding hydrogens is 581 g/mol. The van der Waals surface area contributed by atoms with E-state index in [1.54, 1.807) is 78.9 Å². The number of hydrogen-bond acceptors (Lipinski definition) is 6. The summed E-state index contributed by atoms with van der Waals surface area (Å²) >= 11 is 1.27. The van der Waals surface area contributed by atoms with E-state index in [-0.39, 0.29) is 23.9 Å². The van der Waals surface area contributed by atoms with E-state index in [0.29, 0.717) is 34.9 Å². The molecule has 2 N–H and O–H groups in total. The molecule has 44 heavy (non-hydrogen) atoms. The molecule has 1 fully saturated rings. The summed E-state index contributed by atoms with van der Waals surface area (Å²) in [6.07, 6.45) is 1.52. The molecule has 0 aromatic heterocycles. The highest BCUT2D eigenvalue weighted by Crippen LogP contribution is 2.35. The molecule has 222 valence electrons. The van der Waals surface area contributed by atoms with Crippen molar-refractivity contribution < 1.29 is 28.3 Å². The van der Waals surface area contributed by atoms with Crippen LogP contribution in [0.15, 0.2) is 114 Å². The minimum absolute atomic E-state index is 0.0339. The second kappa shape index (κ2) is 13.8. The number of nitrogens with one attached hydrogen (secondary N) is 2. The Morgan fingerprint density at radius 2 is 1.61 bits per heavy atom. The third kappa shape index (κ3) is 7.40. The predicted octanol–water partition coefficient (Wildman–Crippen LogP) is 6.06. The summed E-state index contributed by atoms with van der Waals surface area (Å²) in [6, 6.07) is 27.6. The number of nitrogens with zero attached hydrogens (tertiary/aromatic N) is 1. The van der Waals surface area contributed by atoms with E-state index in [4.69, 9.17) is 4.74 Å². The fourth-order valence-electron chi connectivity index (χ4n) is 4.47. The lowest BCUT2D eigenvalue weighted by Crippen LogP contribution is -2.31. The predicted molar refractivity (Wildman–Crippen MR) is 168 cm³/mol. The standard InChI is InChI=1S/C34H28FN3O5S/c1-2-43-27-16-14-26(15-17-27)38-31(39)21-30(34(38)42)44-28-18-12-25(13-19-28)36-33(41)29(20-22-8-10-24(35)11-9-22)37-32(40)23-6-4-3-5-7-23/h3-20,30H,2,21H2,1H3,(H,36,41)(H,37,40)/b29-20-. The molecule has 4 amide bonds. The highest BCUT2D eigenvalue weighted by Gasteiger charge is 2.40. The van der Waals surface area contributed by atoms with Gasteiger partial charge in [-0.1, -0.05) is 30.3 Å². The van der Waals surface area contributed by atoms with Gasteiger partial charge in [-0.2, -0.15) is 0 Å². The third-order valence-corrected chi connectivity index (χ3v) is 7.81. The molecule has 4 aromatic carbocycles. The lowest BCUT2D eigenvalue weighted by molar-refractivity contribution is -0.121. The fraction of sp³-hybridized carbons (Fsp3) is 0.118. The zero-order valence-electron chi connectivity index (χ0n) is 23.7. The first kappa shape index (κ1) is 30.2. The van der Waals surface area contributed by atoms with Crippen molar-refractivity contribution in [1.82, 2.24) is 5.32 Å². The van der Waals surface area contributed by atoms with Crippen LogP contribution in [0.25, 0.3) is 6.08 Å². The average molecular weight is 610 g/mol. The number of halogens is 1. The van der Waals surface area contributed by atoms with Gasteiger partial charge in [0, 0.05) is 22.6 Å². The Balaban J connectivity index is 1.26. The van der Waals surface area contributed by atoms with Crippen LogP contribution in [0.1, 0.15) is 29.3 Å². The Kier molecular flexibility index (Phi) is 9.51. The second-order valence-electron chi connectivity index (χ2n) is 9.71. The van der Waals surface area contributed by atoms with Gasteiger partial charge in [-0.05, 0) is 91.4 Å². The number of ether oxygens (including phenoxy) is 1. The van der Waals surface area contributed by atoms with Gasteiger partial charge in [-0.3, -0.25) is 19.2 Å². The molecule has 0 radical (unpaired) electrons. The van der Waals surface area contributed by atoms with Crippen molar-refractivity contribution in [3.63, 3.8) is 0 Å². The van der Waals surface area contributed by atoms with Gasteiger partial charge >= 0.3 is 0 Å². The summed E-state index contributed by atoms with van der Waals surface area (Å²) in [6.45, 7) is 2.39. The number of carbonyl (C=O) groups excluding carboxylic acids is 4. The Morgan fingerprint density at radius 3 is 2.27 bits per heavy atom. The number of anilines is 2. The minimum Gasteiger partial charge on any atom is -0.494 e. The first-order chi connectivity index (χ1) is 21.3. The number of amides is 4. The van der Waals surface area contributed by atoms with Crippen LogP contribution >= 0.6 is 11.8 Å². The molecule has 0 bridgehead atoms. The maximum atomic E-state index is 13.4. The first-order valence-electron chi connectivity index (χ1n) is 13.8. The molecule has 0 spiro atoms. The fourth-order valence-corrected chi connectivity index (χ4v) is 5.53. The number of benzene rings is 4. The van der Waals surface area contributed by atoms with E-state index in [1.807, 2.05) is 6.92 Å². The number of thioether (sulfide) groups is 1. The summed E-state index contributed by atoms with van der Waals surface area (Å²) in [7, 11) is 0. The van der Waals surface area contributed by atoms with Crippen molar-refractivity contribution in [2.24, 2.45) is 0 Å². The Bertz CT molecular complexity index is 1690. The van der Waals surface area contributed by atoms with Gasteiger partial charge in [-0.15, -0.1) is 11.8 Å². The monoisotopic (exact) mass is 609 g/mol. The van der Waals surface area contributed by atoms with Gasteiger partial charge in [0.1, 0.15) is 17.3 Å². The smallest absolute Gasteiger partial charge is 0.272 e. The highest BCUT2D eigenvalue weighted by molar-refractivity contribution is 8.00.